The number of carbonyl (C=O) groups excluding carboxylic acids is 1. The van der Waals surface area contributed by atoms with Gasteiger partial charge in [-0.3, -0.25) is 14.5 Å². The second-order valence-electron chi connectivity index (χ2n) is 5.97. The van der Waals surface area contributed by atoms with Gasteiger partial charge >= 0.3 is 0 Å². The van der Waals surface area contributed by atoms with E-state index in [1.54, 1.807) is 6.07 Å². The number of piperazine rings is 1. The number of rotatable bonds is 3. The van der Waals surface area contributed by atoms with Crippen molar-refractivity contribution >= 4 is 17.5 Å². The number of halogens is 1. The molecular weight excluding hydrogens is 326 g/mol. The number of carbonyl (C=O) groups is 1. The Balaban J connectivity index is 1.63. The molecule has 5 nitrogen and oxygen atoms in total. The molecular formula is C18H20ClN3O2. The van der Waals surface area contributed by atoms with Crippen LogP contribution in [0.2, 0.25) is 5.02 Å². The molecule has 1 amide bonds. The summed E-state index contributed by atoms with van der Waals surface area (Å²) in [4.78, 5) is 30.3. The van der Waals surface area contributed by atoms with Crippen LogP contribution in [0.25, 0.3) is 0 Å². The number of benzene rings is 1. The average molecular weight is 346 g/mol. The molecule has 1 saturated heterocycles. The van der Waals surface area contributed by atoms with Gasteiger partial charge in [0.1, 0.15) is 0 Å². The predicted octanol–water partition coefficient (Wildman–Crippen LogP) is 2.55. The molecule has 0 bridgehead atoms. The lowest BCUT2D eigenvalue weighted by atomic mass is 10.1. The van der Waals surface area contributed by atoms with Crippen molar-refractivity contribution in [3.8, 4) is 0 Å². The van der Waals surface area contributed by atoms with Crippen molar-refractivity contribution in [2.45, 2.75) is 13.0 Å². The monoisotopic (exact) mass is 345 g/mol. The summed E-state index contributed by atoms with van der Waals surface area (Å²) in [6.45, 7) is 5.04. The smallest absolute Gasteiger partial charge is 0.255 e. The number of pyridine rings is 1. The van der Waals surface area contributed by atoms with Crippen LogP contribution in [0.4, 0.5) is 0 Å². The van der Waals surface area contributed by atoms with Gasteiger partial charge in [-0.1, -0.05) is 29.8 Å². The van der Waals surface area contributed by atoms with E-state index in [2.05, 4.69) is 16.8 Å². The standard InChI is InChI=1S/C18H20ClN3O2/c1-13(15-4-2-3-5-16(15)19)21-8-10-22(11-9-21)18(24)14-6-7-17(23)20-12-14/h2-7,12-13H,8-11H2,1H3,(H,20,23). The molecule has 24 heavy (non-hydrogen) atoms. The van der Waals surface area contributed by atoms with Crippen molar-refractivity contribution in [1.82, 2.24) is 14.8 Å². The Labute approximate surface area is 145 Å². The third-order valence-corrected chi connectivity index (χ3v) is 4.88. The SMILES string of the molecule is CC(c1ccccc1Cl)N1CCN(C(=O)c2ccc(=O)[nH]c2)CC1. The molecule has 2 aromatic rings. The largest absolute Gasteiger partial charge is 0.336 e. The van der Waals surface area contributed by atoms with Gasteiger partial charge in [0.2, 0.25) is 5.56 Å². The molecule has 6 heteroatoms. The zero-order valence-electron chi connectivity index (χ0n) is 13.5. The van der Waals surface area contributed by atoms with Crippen molar-refractivity contribution < 1.29 is 4.79 Å². The molecule has 1 N–H and O–H groups in total. The predicted molar refractivity (Wildman–Crippen MR) is 94.4 cm³/mol. The van der Waals surface area contributed by atoms with Gasteiger partial charge in [0.25, 0.3) is 5.91 Å². The highest BCUT2D eigenvalue weighted by atomic mass is 35.5. The Hall–Kier alpha value is -2.11. The molecule has 0 spiro atoms. The minimum absolute atomic E-state index is 0.0451. The van der Waals surface area contributed by atoms with Crippen LogP contribution in [0.5, 0.6) is 0 Å². The zero-order chi connectivity index (χ0) is 17.1. The summed E-state index contributed by atoms with van der Waals surface area (Å²) < 4.78 is 0. The van der Waals surface area contributed by atoms with Crippen LogP contribution in [-0.2, 0) is 0 Å². The number of aromatic amines is 1. The molecule has 1 aliphatic rings. The van der Waals surface area contributed by atoms with E-state index in [9.17, 15) is 9.59 Å². The van der Waals surface area contributed by atoms with E-state index < -0.39 is 0 Å². The van der Waals surface area contributed by atoms with Crippen LogP contribution in [-0.4, -0.2) is 46.9 Å². The molecule has 1 aliphatic heterocycles. The molecule has 0 saturated carbocycles. The molecule has 1 unspecified atom stereocenters. The quantitative estimate of drug-likeness (QED) is 0.930. The summed E-state index contributed by atoms with van der Waals surface area (Å²) in [7, 11) is 0. The highest BCUT2D eigenvalue weighted by Crippen LogP contribution is 2.27. The van der Waals surface area contributed by atoms with E-state index in [1.165, 1.54) is 12.3 Å². The lowest BCUT2D eigenvalue weighted by Crippen LogP contribution is -2.49. The van der Waals surface area contributed by atoms with Crippen LogP contribution in [0.15, 0.2) is 47.4 Å². The number of nitrogens with one attached hydrogen (secondary N) is 1. The van der Waals surface area contributed by atoms with Gasteiger partial charge in [0, 0.05) is 49.5 Å². The fraction of sp³-hybridized carbons (Fsp3) is 0.333. The van der Waals surface area contributed by atoms with Gasteiger partial charge in [0.15, 0.2) is 0 Å². The Bertz CT molecular complexity index is 761. The second kappa shape index (κ2) is 7.20. The minimum atomic E-state index is -0.204. The third kappa shape index (κ3) is 3.52. The van der Waals surface area contributed by atoms with Crippen molar-refractivity contribution in [3.63, 3.8) is 0 Å². The first-order valence-corrected chi connectivity index (χ1v) is 8.40. The Morgan fingerprint density at radius 3 is 2.46 bits per heavy atom. The molecule has 126 valence electrons. The highest BCUT2D eigenvalue weighted by molar-refractivity contribution is 6.31. The Kier molecular flexibility index (Phi) is 5.02. The first kappa shape index (κ1) is 16.7. The van der Waals surface area contributed by atoms with E-state index in [-0.39, 0.29) is 17.5 Å². The Morgan fingerprint density at radius 1 is 1.12 bits per heavy atom. The zero-order valence-corrected chi connectivity index (χ0v) is 14.3. The lowest BCUT2D eigenvalue weighted by molar-refractivity contribution is 0.0581. The molecule has 1 fully saturated rings. The summed E-state index contributed by atoms with van der Waals surface area (Å²) in [5, 5.41) is 0.775. The van der Waals surface area contributed by atoms with Crippen LogP contribution in [0.3, 0.4) is 0 Å². The van der Waals surface area contributed by atoms with Gasteiger partial charge in [-0.2, -0.15) is 0 Å². The summed E-state index contributed by atoms with van der Waals surface area (Å²) in [5.74, 6) is -0.0451. The van der Waals surface area contributed by atoms with Crippen LogP contribution >= 0.6 is 11.6 Å². The Morgan fingerprint density at radius 2 is 1.83 bits per heavy atom. The summed E-state index contributed by atoms with van der Waals surface area (Å²) in [6, 6.07) is 11.0. The maximum atomic E-state index is 12.5. The highest BCUT2D eigenvalue weighted by Gasteiger charge is 2.26. The van der Waals surface area contributed by atoms with Gasteiger partial charge in [-0.05, 0) is 24.6 Å². The van der Waals surface area contributed by atoms with E-state index in [4.69, 9.17) is 11.6 Å². The molecule has 0 radical (unpaired) electrons. The number of aromatic nitrogens is 1. The lowest BCUT2D eigenvalue weighted by Gasteiger charge is -2.38. The van der Waals surface area contributed by atoms with Crippen molar-refractivity contribution in [1.29, 1.82) is 0 Å². The van der Waals surface area contributed by atoms with Crippen molar-refractivity contribution in [3.05, 3.63) is 69.1 Å². The minimum Gasteiger partial charge on any atom is -0.336 e. The van der Waals surface area contributed by atoms with Gasteiger partial charge < -0.3 is 9.88 Å². The molecule has 3 rings (SSSR count). The van der Waals surface area contributed by atoms with Crippen molar-refractivity contribution in [2.75, 3.05) is 26.2 Å². The fourth-order valence-electron chi connectivity index (χ4n) is 3.05. The maximum absolute atomic E-state index is 12.5. The fourth-order valence-corrected chi connectivity index (χ4v) is 3.34. The van der Waals surface area contributed by atoms with E-state index in [0.29, 0.717) is 18.7 Å². The summed E-state index contributed by atoms with van der Waals surface area (Å²) in [6.07, 6.45) is 1.48. The molecule has 2 heterocycles. The maximum Gasteiger partial charge on any atom is 0.255 e. The summed E-state index contributed by atoms with van der Waals surface area (Å²) in [5.41, 5.74) is 1.42. The number of hydrogen-bond acceptors (Lipinski definition) is 3. The molecule has 1 aromatic heterocycles. The molecule has 1 aromatic carbocycles. The second-order valence-corrected chi connectivity index (χ2v) is 6.37. The topological polar surface area (TPSA) is 56.4 Å². The first-order chi connectivity index (χ1) is 11.6. The van der Waals surface area contributed by atoms with E-state index in [0.717, 1.165) is 23.7 Å². The van der Waals surface area contributed by atoms with Gasteiger partial charge in [-0.15, -0.1) is 0 Å². The number of amides is 1. The first-order valence-electron chi connectivity index (χ1n) is 8.03. The van der Waals surface area contributed by atoms with E-state index >= 15 is 0 Å². The van der Waals surface area contributed by atoms with Crippen molar-refractivity contribution in [2.24, 2.45) is 0 Å². The van der Waals surface area contributed by atoms with Gasteiger partial charge in [-0.25, -0.2) is 0 Å². The number of hydrogen-bond donors (Lipinski definition) is 1. The normalized spacial score (nSPS) is 16.8. The van der Waals surface area contributed by atoms with Gasteiger partial charge in [0.05, 0.1) is 5.56 Å². The van der Waals surface area contributed by atoms with Crippen LogP contribution in [0, 0.1) is 0 Å². The number of H-pyrrole nitrogens is 1. The van der Waals surface area contributed by atoms with E-state index in [1.807, 2.05) is 29.2 Å². The third-order valence-electron chi connectivity index (χ3n) is 4.54. The molecule has 0 aliphatic carbocycles. The van der Waals surface area contributed by atoms with Crippen LogP contribution in [0.1, 0.15) is 28.9 Å². The van der Waals surface area contributed by atoms with Crippen LogP contribution < -0.4 is 5.56 Å². The average Bonchev–Trinajstić information content (AvgIpc) is 2.62. The number of nitrogens with zero attached hydrogens (tertiary/aromatic N) is 2. The molecule has 1 atom stereocenters. The summed E-state index contributed by atoms with van der Waals surface area (Å²) >= 11 is 6.29.